The normalized spacial score (nSPS) is 12.1. The van der Waals surface area contributed by atoms with Gasteiger partial charge in [0.25, 0.3) is 0 Å². The number of rotatable bonds is 8. The summed E-state index contributed by atoms with van der Waals surface area (Å²) in [6, 6.07) is 30.5. The number of fused-ring (bicyclic) bond motifs is 3. The minimum Gasteiger partial charge on any atom is -0.465 e. The quantitative estimate of drug-likeness (QED) is 0.198. The minimum atomic E-state index is -0.197. The predicted octanol–water partition coefficient (Wildman–Crippen LogP) is 7.25. The fourth-order valence-corrected chi connectivity index (χ4v) is 5.76. The van der Waals surface area contributed by atoms with Gasteiger partial charge in [0, 0.05) is 27.7 Å². The van der Waals surface area contributed by atoms with Crippen LogP contribution < -0.4 is 0 Å². The zero-order valence-corrected chi connectivity index (χ0v) is 20.4. The largest absolute Gasteiger partial charge is 0.465 e. The maximum atomic E-state index is 12.8. The second-order valence-electron chi connectivity index (χ2n) is 8.78. The molecule has 174 valence electrons. The minimum absolute atomic E-state index is 0.0660. The Labute approximate surface area is 210 Å². The zero-order valence-electron chi connectivity index (χ0n) is 19.6. The van der Waals surface area contributed by atoms with Gasteiger partial charge in [0.15, 0.2) is 6.29 Å². The molecule has 0 unspecified atom stereocenters. The van der Waals surface area contributed by atoms with Crippen LogP contribution in [0.4, 0.5) is 0 Å². The highest BCUT2D eigenvalue weighted by Gasteiger charge is 2.29. The van der Waals surface area contributed by atoms with Gasteiger partial charge in [-0.3, -0.25) is 9.59 Å². The van der Waals surface area contributed by atoms with Crippen molar-refractivity contribution in [2.75, 3.05) is 6.61 Å². The molecule has 0 spiro atoms. The van der Waals surface area contributed by atoms with Gasteiger partial charge in [0.2, 0.25) is 0 Å². The molecule has 4 heteroatoms. The van der Waals surface area contributed by atoms with Gasteiger partial charge in [-0.1, -0.05) is 96.2 Å². The van der Waals surface area contributed by atoms with Crippen LogP contribution in [-0.2, 0) is 16.0 Å². The molecule has 0 aliphatic heterocycles. The molecule has 0 radical (unpaired) electrons. The van der Waals surface area contributed by atoms with Crippen LogP contribution in [0.2, 0.25) is 0 Å². The molecule has 0 fully saturated rings. The monoisotopic (exact) mass is 478 g/mol. The Balaban J connectivity index is 1.26. The highest BCUT2D eigenvalue weighted by atomic mass is 32.2. The van der Waals surface area contributed by atoms with Gasteiger partial charge in [-0.05, 0) is 53.3 Å². The molecule has 4 aromatic carbocycles. The van der Waals surface area contributed by atoms with Crippen LogP contribution in [0.15, 0.2) is 101 Å². The van der Waals surface area contributed by atoms with Gasteiger partial charge >= 0.3 is 5.97 Å². The van der Waals surface area contributed by atoms with E-state index in [-0.39, 0.29) is 11.9 Å². The third-order valence-corrected chi connectivity index (χ3v) is 7.66. The van der Waals surface area contributed by atoms with Crippen LogP contribution in [0.1, 0.15) is 45.0 Å². The van der Waals surface area contributed by atoms with Gasteiger partial charge < -0.3 is 4.74 Å². The SMILES string of the molecule is Cc1ccc(Sc2ccccc2C=O)c(CCC(=O)OCC2c3ccccc3-c3ccccc32)c1. The van der Waals surface area contributed by atoms with Gasteiger partial charge in [-0.25, -0.2) is 0 Å². The first-order valence-electron chi connectivity index (χ1n) is 11.8. The number of aldehydes is 1. The molecule has 4 aromatic rings. The van der Waals surface area contributed by atoms with E-state index in [4.69, 9.17) is 4.74 Å². The molecule has 0 heterocycles. The van der Waals surface area contributed by atoms with Crippen molar-refractivity contribution in [1.82, 2.24) is 0 Å². The molecule has 3 nitrogen and oxygen atoms in total. The molecule has 0 atom stereocenters. The summed E-state index contributed by atoms with van der Waals surface area (Å²) in [7, 11) is 0. The lowest BCUT2D eigenvalue weighted by atomic mass is 9.98. The summed E-state index contributed by atoms with van der Waals surface area (Å²) in [5.41, 5.74) is 7.77. The first-order chi connectivity index (χ1) is 17.1. The topological polar surface area (TPSA) is 43.4 Å². The summed E-state index contributed by atoms with van der Waals surface area (Å²) < 4.78 is 5.79. The van der Waals surface area contributed by atoms with Crippen molar-refractivity contribution in [1.29, 1.82) is 0 Å². The van der Waals surface area contributed by atoms with E-state index in [9.17, 15) is 9.59 Å². The van der Waals surface area contributed by atoms with Crippen LogP contribution in [0.25, 0.3) is 11.1 Å². The summed E-state index contributed by atoms with van der Waals surface area (Å²) in [4.78, 5) is 26.2. The Kier molecular flexibility index (Phi) is 6.82. The van der Waals surface area contributed by atoms with E-state index in [0.717, 1.165) is 27.2 Å². The predicted molar refractivity (Wildman–Crippen MR) is 140 cm³/mol. The highest BCUT2D eigenvalue weighted by Crippen LogP contribution is 2.44. The molecule has 0 amide bonds. The Morgan fingerprint density at radius 1 is 0.857 bits per heavy atom. The number of hydrogen-bond acceptors (Lipinski definition) is 4. The average Bonchev–Trinajstić information content (AvgIpc) is 3.21. The summed E-state index contributed by atoms with van der Waals surface area (Å²) in [5, 5.41) is 0. The van der Waals surface area contributed by atoms with Crippen molar-refractivity contribution in [3.63, 3.8) is 0 Å². The Morgan fingerprint density at radius 3 is 2.23 bits per heavy atom. The first-order valence-corrected chi connectivity index (χ1v) is 12.6. The third kappa shape index (κ3) is 4.94. The molecule has 1 aliphatic rings. The fraction of sp³-hybridized carbons (Fsp3) is 0.161. The standard InChI is InChI=1S/C31H26O3S/c1-21-14-16-30(35-29-13-7-2-8-23(29)19-32)22(18-21)15-17-31(33)34-20-28-26-11-5-3-9-24(26)25-10-4-6-12-27(25)28/h2-14,16,18-19,28H,15,17,20H2,1H3. The summed E-state index contributed by atoms with van der Waals surface area (Å²) >= 11 is 1.56. The van der Waals surface area contributed by atoms with Gasteiger partial charge in [-0.15, -0.1) is 0 Å². The van der Waals surface area contributed by atoms with E-state index < -0.39 is 0 Å². The second kappa shape index (κ2) is 10.3. The number of carbonyl (C=O) groups is 2. The Morgan fingerprint density at radius 2 is 1.51 bits per heavy atom. The lowest BCUT2D eigenvalue weighted by Crippen LogP contribution is -2.13. The summed E-state index contributed by atoms with van der Waals surface area (Å²) in [6.07, 6.45) is 1.78. The maximum Gasteiger partial charge on any atom is 0.306 e. The Hall–Kier alpha value is -3.63. The Bertz CT molecular complexity index is 1350. The van der Waals surface area contributed by atoms with E-state index in [1.54, 1.807) is 11.8 Å². The fourth-order valence-electron chi connectivity index (χ4n) is 4.72. The number of carbonyl (C=O) groups excluding carboxylic acids is 2. The lowest BCUT2D eigenvalue weighted by Gasteiger charge is -2.15. The third-order valence-electron chi connectivity index (χ3n) is 6.45. The van der Waals surface area contributed by atoms with E-state index >= 15 is 0 Å². The van der Waals surface area contributed by atoms with Crippen molar-refractivity contribution in [3.8, 4) is 11.1 Å². The smallest absolute Gasteiger partial charge is 0.306 e. The number of aryl methyl sites for hydroxylation is 2. The van der Waals surface area contributed by atoms with Crippen molar-refractivity contribution in [3.05, 3.63) is 119 Å². The zero-order chi connectivity index (χ0) is 24.2. The number of hydrogen-bond donors (Lipinski definition) is 0. The van der Waals surface area contributed by atoms with E-state index in [0.29, 0.717) is 25.0 Å². The lowest BCUT2D eigenvalue weighted by molar-refractivity contribution is -0.143. The molecular formula is C31H26O3S. The number of benzene rings is 4. The molecule has 5 rings (SSSR count). The average molecular weight is 479 g/mol. The van der Waals surface area contributed by atoms with Crippen molar-refractivity contribution in [2.45, 2.75) is 35.5 Å². The summed E-state index contributed by atoms with van der Waals surface area (Å²) in [5.74, 6) is -0.131. The molecule has 0 bridgehead atoms. The second-order valence-corrected chi connectivity index (χ2v) is 9.86. The van der Waals surface area contributed by atoms with E-state index in [2.05, 4.69) is 54.6 Å². The molecule has 1 aliphatic carbocycles. The van der Waals surface area contributed by atoms with Crippen LogP contribution in [0, 0.1) is 6.92 Å². The number of esters is 1. The maximum absolute atomic E-state index is 12.8. The van der Waals surface area contributed by atoms with Crippen molar-refractivity contribution < 1.29 is 14.3 Å². The van der Waals surface area contributed by atoms with Crippen LogP contribution >= 0.6 is 11.8 Å². The first kappa shape index (κ1) is 23.1. The van der Waals surface area contributed by atoms with E-state index in [1.165, 1.54) is 22.3 Å². The van der Waals surface area contributed by atoms with Gasteiger partial charge in [-0.2, -0.15) is 0 Å². The molecule has 0 aromatic heterocycles. The molecule has 0 saturated carbocycles. The van der Waals surface area contributed by atoms with Crippen LogP contribution in [-0.4, -0.2) is 18.9 Å². The highest BCUT2D eigenvalue weighted by molar-refractivity contribution is 7.99. The van der Waals surface area contributed by atoms with Crippen molar-refractivity contribution in [2.24, 2.45) is 0 Å². The van der Waals surface area contributed by atoms with Crippen LogP contribution in [0.3, 0.4) is 0 Å². The van der Waals surface area contributed by atoms with Gasteiger partial charge in [0.1, 0.15) is 6.61 Å². The molecule has 0 N–H and O–H groups in total. The van der Waals surface area contributed by atoms with E-state index in [1.807, 2.05) is 43.3 Å². The molecular weight excluding hydrogens is 452 g/mol. The van der Waals surface area contributed by atoms with Crippen molar-refractivity contribution >= 4 is 24.0 Å². The van der Waals surface area contributed by atoms with Crippen LogP contribution in [0.5, 0.6) is 0 Å². The molecule has 35 heavy (non-hydrogen) atoms. The van der Waals surface area contributed by atoms with Gasteiger partial charge in [0.05, 0.1) is 0 Å². The molecule has 0 saturated heterocycles. The number of ether oxygens (including phenoxy) is 1. The summed E-state index contributed by atoms with van der Waals surface area (Å²) in [6.45, 7) is 2.39.